The number of nitrogens with two attached hydrogens (primary N) is 1. The minimum absolute atomic E-state index is 0.246. The normalized spacial score (nSPS) is 12.9. The zero-order valence-electron chi connectivity index (χ0n) is 11.9. The number of hydrogen-bond donors (Lipinski definition) is 1. The van der Waals surface area contributed by atoms with Crippen LogP contribution in [0.1, 0.15) is 11.1 Å². The Bertz CT molecular complexity index is 520. The molecule has 2 N–H and O–H groups in total. The van der Waals surface area contributed by atoms with Crippen molar-refractivity contribution in [2.24, 2.45) is 5.73 Å². The maximum absolute atomic E-state index is 5.90. The third-order valence-electron chi connectivity index (χ3n) is 3.39. The van der Waals surface area contributed by atoms with E-state index in [4.69, 9.17) is 5.73 Å². The topological polar surface area (TPSA) is 29.3 Å². The first-order chi connectivity index (χ1) is 9.79. The lowest BCUT2D eigenvalue weighted by molar-refractivity contribution is 0.279. The summed E-state index contributed by atoms with van der Waals surface area (Å²) in [5, 5.41) is 0. The maximum atomic E-state index is 5.90. The fraction of sp³-hybridized carbons (Fsp3) is 0.222. The fourth-order valence-electron chi connectivity index (χ4n) is 2.18. The van der Waals surface area contributed by atoms with Crippen LogP contribution in [-0.2, 0) is 6.54 Å². The lowest BCUT2D eigenvalue weighted by atomic mass is 10.1. The third-order valence-corrected chi connectivity index (χ3v) is 3.39. The number of benzene rings is 2. The number of rotatable bonds is 6. The summed E-state index contributed by atoms with van der Waals surface area (Å²) in [6, 6.07) is 21.0. The zero-order valence-corrected chi connectivity index (χ0v) is 11.9. The van der Waals surface area contributed by atoms with Crippen LogP contribution in [0.5, 0.6) is 0 Å². The second-order valence-electron chi connectivity index (χ2n) is 4.97. The van der Waals surface area contributed by atoms with Crippen LogP contribution < -0.4 is 5.73 Å². The van der Waals surface area contributed by atoms with E-state index >= 15 is 0 Å². The molecule has 0 aliphatic carbocycles. The van der Waals surface area contributed by atoms with Crippen LogP contribution in [0.25, 0.3) is 6.08 Å². The van der Waals surface area contributed by atoms with Gasteiger partial charge in [0.05, 0.1) is 0 Å². The van der Waals surface area contributed by atoms with E-state index in [1.807, 2.05) is 24.3 Å². The molecule has 2 aromatic carbocycles. The molecule has 2 aromatic rings. The summed E-state index contributed by atoms with van der Waals surface area (Å²) in [6.07, 6.45) is 4.32. The zero-order chi connectivity index (χ0) is 14.2. The summed E-state index contributed by atoms with van der Waals surface area (Å²) < 4.78 is 0. The number of hydrogen-bond acceptors (Lipinski definition) is 2. The average molecular weight is 266 g/mol. The molecule has 0 aromatic heterocycles. The van der Waals surface area contributed by atoms with Gasteiger partial charge in [-0.25, -0.2) is 0 Å². The van der Waals surface area contributed by atoms with Crippen LogP contribution in [0.3, 0.4) is 0 Å². The molecule has 0 aliphatic rings. The summed E-state index contributed by atoms with van der Waals surface area (Å²) in [7, 11) is 2.11. The first-order valence-electron chi connectivity index (χ1n) is 6.97. The second-order valence-corrected chi connectivity index (χ2v) is 4.97. The van der Waals surface area contributed by atoms with Crippen molar-refractivity contribution in [2.45, 2.75) is 12.6 Å². The second kappa shape index (κ2) is 7.63. The summed E-state index contributed by atoms with van der Waals surface area (Å²) in [6.45, 7) is 1.52. The fourth-order valence-corrected chi connectivity index (χ4v) is 2.18. The van der Waals surface area contributed by atoms with E-state index < -0.39 is 0 Å². The molecule has 0 fully saturated rings. The third kappa shape index (κ3) is 4.34. The minimum atomic E-state index is 0.246. The van der Waals surface area contributed by atoms with E-state index in [1.54, 1.807) is 0 Å². The minimum Gasteiger partial charge on any atom is -0.329 e. The van der Waals surface area contributed by atoms with Crippen molar-refractivity contribution in [3.8, 4) is 0 Å². The maximum Gasteiger partial charge on any atom is 0.0404 e. The molecule has 20 heavy (non-hydrogen) atoms. The molecular formula is C18H22N2. The molecule has 0 aliphatic heterocycles. The summed E-state index contributed by atoms with van der Waals surface area (Å²) in [5.74, 6) is 0. The largest absolute Gasteiger partial charge is 0.329 e. The van der Waals surface area contributed by atoms with Gasteiger partial charge in [-0.2, -0.15) is 0 Å². The van der Waals surface area contributed by atoms with Crippen LogP contribution in [-0.4, -0.2) is 24.5 Å². The van der Waals surface area contributed by atoms with Gasteiger partial charge >= 0.3 is 0 Å². The van der Waals surface area contributed by atoms with Gasteiger partial charge in [0.1, 0.15) is 0 Å². The molecular weight excluding hydrogens is 244 g/mol. The predicted octanol–water partition coefficient (Wildman–Crippen LogP) is 3.16. The van der Waals surface area contributed by atoms with Crippen molar-refractivity contribution < 1.29 is 0 Å². The van der Waals surface area contributed by atoms with Gasteiger partial charge in [-0.15, -0.1) is 0 Å². The Morgan fingerprint density at radius 2 is 1.60 bits per heavy atom. The first-order valence-corrected chi connectivity index (χ1v) is 6.97. The van der Waals surface area contributed by atoms with Crippen molar-refractivity contribution in [3.63, 3.8) is 0 Å². The Kier molecular flexibility index (Phi) is 5.54. The molecule has 2 rings (SSSR count). The van der Waals surface area contributed by atoms with E-state index in [9.17, 15) is 0 Å². The molecule has 104 valence electrons. The van der Waals surface area contributed by atoms with E-state index in [0.717, 1.165) is 6.54 Å². The number of likely N-dealkylation sites (N-methyl/N-ethyl adjacent to an activating group) is 1. The van der Waals surface area contributed by atoms with Gasteiger partial charge in [0.25, 0.3) is 0 Å². The molecule has 1 unspecified atom stereocenters. The first kappa shape index (κ1) is 14.5. The molecule has 0 amide bonds. The van der Waals surface area contributed by atoms with Crippen molar-refractivity contribution in [1.82, 2.24) is 4.90 Å². The monoisotopic (exact) mass is 266 g/mol. The summed E-state index contributed by atoms with van der Waals surface area (Å²) in [5.41, 5.74) is 8.41. The van der Waals surface area contributed by atoms with Crippen LogP contribution >= 0.6 is 0 Å². The molecule has 0 spiro atoms. The van der Waals surface area contributed by atoms with Gasteiger partial charge in [-0.1, -0.05) is 72.8 Å². The van der Waals surface area contributed by atoms with Crippen LogP contribution in [0.15, 0.2) is 66.7 Å². The van der Waals surface area contributed by atoms with Crippen molar-refractivity contribution in [2.75, 3.05) is 13.6 Å². The standard InChI is InChI=1S/C18H22N2/c1-20(15-17-10-6-3-7-11-17)18(14-19)13-12-16-8-4-2-5-9-16/h2-13,18H,14-15,19H2,1H3/b13-12-. The van der Waals surface area contributed by atoms with Crippen molar-refractivity contribution >= 4 is 6.08 Å². The SMILES string of the molecule is CN(Cc1ccccc1)C(/C=C\c1ccccc1)CN. The molecule has 0 saturated heterocycles. The van der Waals surface area contributed by atoms with Gasteiger partial charge in [-0.05, 0) is 18.2 Å². The lowest BCUT2D eigenvalue weighted by Crippen LogP contribution is -2.35. The summed E-state index contributed by atoms with van der Waals surface area (Å²) in [4.78, 5) is 2.27. The molecule has 0 saturated carbocycles. The van der Waals surface area contributed by atoms with Crippen LogP contribution in [0.4, 0.5) is 0 Å². The molecule has 2 nitrogen and oxygen atoms in total. The van der Waals surface area contributed by atoms with Gasteiger partial charge < -0.3 is 5.73 Å². The average Bonchev–Trinajstić information content (AvgIpc) is 2.50. The highest BCUT2D eigenvalue weighted by Crippen LogP contribution is 2.09. The van der Waals surface area contributed by atoms with Gasteiger partial charge in [0.15, 0.2) is 0 Å². The highest BCUT2D eigenvalue weighted by Gasteiger charge is 2.09. The van der Waals surface area contributed by atoms with E-state index in [2.05, 4.69) is 60.5 Å². The van der Waals surface area contributed by atoms with Gasteiger partial charge in [0, 0.05) is 19.1 Å². The van der Waals surface area contributed by atoms with Crippen LogP contribution in [0, 0.1) is 0 Å². The Morgan fingerprint density at radius 1 is 1.00 bits per heavy atom. The smallest absolute Gasteiger partial charge is 0.0404 e. The predicted molar refractivity (Wildman–Crippen MR) is 86.2 cm³/mol. The number of nitrogens with zero attached hydrogens (tertiary/aromatic N) is 1. The quantitative estimate of drug-likeness (QED) is 0.870. The highest BCUT2D eigenvalue weighted by molar-refractivity contribution is 5.49. The van der Waals surface area contributed by atoms with Crippen molar-refractivity contribution in [1.29, 1.82) is 0 Å². The Hall–Kier alpha value is -1.90. The Labute approximate surface area is 121 Å². The van der Waals surface area contributed by atoms with E-state index in [0.29, 0.717) is 6.54 Å². The van der Waals surface area contributed by atoms with Crippen LogP contribution in [0.2, 0.25) is 0 Å². The van der Waals surface area contributed by atoms with Gasteiger partial charge in [0.2, 0.25) is 0 Å². The lowest BCUT2D eigenvalue weighted by Gasteiger charge is -2.24. The van der Waals surface area contributed by atoms with Gasteiger partial charge in [-0.3, -0.25) is 4.90 Å². The molecule has 2 heteroatoms. The highest BCUT2D eigenvalue weighted by atomic mass is 15.1. The van der Waals surface area contributed by atoms with E-state index in [-0.39, 0.29) is 6.04 Å². The Balaban J connectivity index is 1.99. The van der Waals surface area contributed by atoms with E-state index in [1.165, 1.54) is 11.1 Å². The molecule has 0 bridgehead atoms. The molecule has 0 heterocycles. The Morgan fingerprint density at radius 3 is 2.20 bits per heavy atom. The molecule has 1 atom stereocenters. The summed E-state index contributed by atoms with van der Waals surface area (Å²) >= 11 is 0. The molecule has 0 radical (unpaired) electrons. The van der Waals surface area contributed by atoms with Crippen molar-refractivity contribution in [3.05, 3.63) is 77.9 Å².